The van der Waals surface area contributed by atoms with E-state index in [0.29, 0.717) is 5.92 Å². The molecule has 1 atom stereocenters. The molecule has 2 aliphatic heterocycles. The lowest BCUT2D eigenvalue weighted by molar-refractivity contribution is 0.0453. The number of likely N-dealkylation sites (tertiary alicyclic amines) is 1. The van der Waals surface area contributed by atoms with Crippen LogP contribution in [0.5, 0.6) is 0 Å². The minimum atomic E-state index is 0.274. The number of aromatic amines is 1. The van der Waals surface area contributed by atoms with Crippen LogP contribution in [-0.2, 0) is 4.84 Å². The Hall–Kier alpha value is -1.36. The summed E-state index contributed by atoms with van der Waals surface area (Å²) in [6.45, 7) is 7.58. The van der Waals surface area contributed by atoms with Crippen LogP contribution in [0.1, 0.15) is 49.8 Å². The summed E-state index contributed by atoms with van der Waals surface area (Å²) in [4.78, 5) is 8.02. The molecular formula is C15H24N4O. The summed E-state index contributed by atoms with van der Waals surface area (Å²) < 4.78 is 0. The third-order valence-corrected chi connectivity index (χ3v) is 4.53. The number of H-pyrrole nitrogens is 1. The zero-order valence-corrected chi connectivity index (χ0v) is 12.4. The summed E-state index contributed by atoms with van der Waals surface area (Å²) in [7, 11) is 0. The van der Waals surface area contributed by atoms with Crippen molar-refractivity contribution in [2.24, 2.45) is 5.16 Å². The number of hydrogen-bond acceptors (Lipinski definition) is 4. The van der Waals surface area contributed by atoms with Crippen LogP contribution in [0.4, 0.5) is 0 Å². The fourth-order valence-electron chi connectivity index (χ4n) is 3.26. The van der Waals surface area contributed by atoms with Crippen molar-refractivity contribution in [1.29, 1.82) is 0 Å². The smallest absolute Gasteiger partial charge is 0.145 e. The molecule has 110 valence electrons. The topological polar surface area (TPSA) is 53.5 Å². The predicted octanol–water partition coefficient (Wildman–Crippen LogP) is 2.45. The fraction of sp³-hybridized carbons (Fsp3) is 0.733. The lowest BCUT2D eigenvalue weighted by Crippen LogP contribution is -2.38. The molecule has 0 unspecified atom stereocenters. The number of hydrogen-bond donors (Lipinski definition) is 1. The van der Waals surface area contributed by atoms with Crippen LogP contribution in [0.25, 0.3) is 0 Å². The molecular weight excluding hydrogens is 252 g/mol. The van der Waals surface area contributed by atoms with Gasteiger partial charge in [0.15, 0.2) is 0 Å². The molecule has 5 nitrogen and oxygen atoms in total. The van der Waals surface area contributed by atoms with Crippen molar-refractivity contribution in [2.75, 3.05) is 19.6 Å². The van der Waals surface area contributed by atoms with E-state index in [0.717, 1.165) is 32.5 Å². The van der Waals surface area contributed by atoms with Gasteiger partial charge in [-0.25, -0.2) is 0 Å². The number of aryl methyl sites for hydroxylation is 1. The van der Waals surface area contributed by atoms with E-state index in [1.165, 1.54) is 29.8 Å². The maximum atomic E-state index is 5.51. The van der Waals surface area contributed by atoms with Crippen molar-refractivity contribution in [3.05, 3.63) is 17.5 Å². The molecule has 2 aliphatic rings. The Morgan fingerprint density at radius 1 is 1.40 bits per heavy atom. The Labute approximate surface area is 120 Å². The van der Waals surface area contributed by atoms with Gasteiger partial charge < -0.3 is 4.84 Å². The average molecular weight is 276 g/mol. The predicted molar refractivity (Wildman–Crippen MR) is 79.0 cm³/mol. The maximum absolute atomic E-state index is 5.51. The quantitative estimate of drug-likeness (QED) is 0.919. The third-order valence-electron chi connectivity index (χ3n) is 4.53. The van der Waals surface area contributed by atoms with Crippen molar-refractivity contribution in [2.45, 2.75) is 51.6 Å². The van der Waals surface area contributed by atoms with Crippen LogP contribution in [-0.4, -0.2) is 46.5 Å². The third kappa shape index (κ3) is 2.87. The molecule has 0 saturated carbocycles. The lowest BCUT2D eigenvalue weighted by Gasteiger charge is -2.32. The molecule has 0 aromatic carbocycles. The first-order chi connectivity index (χ1) is 9.76. The number of oxime groups is 1. The minimum absolute atomic E-state index is 0.274. The molecule has 3 heterocycles. The van der Waals surface area contributed by atoms with Gasteiger partial charge >= 0.3 is 0 Å². The number of nitrogens with zero attached hydrogens (tertiary/aromatic N) is 3. The first-order valence-corrected chi connectivity index (χ1v) is 7.70. The van der Waals surface area contributed by atoms with Gasteiger partial charge in [-0.2, -0.15) is 5.10 Å². The van der Waals surface area contributed by atoms with Crippen LogP contribution >= 0.6 is 0 Å². The highest BCUT2D eigenvalue weighted by molar-refractivity contribution is 5.85. The Morgan fingerprint density at radius 3 is 2.80 bits per heavy atom. The van der Waals surface area contributed by atoms with E-state index >= 15 is 0 Å². The molecule has 0 radical (unpaired) electrons. The Balaban J connectivity index is 1.46. The SMILES string of the molecule is CCC1=NO[C@H](CN2CCC(c3[nH]ncc3C)CC2)C1. The molecule has 20 heavy (non-hydrogen) atoms. The van der Waals surface area contributed by atoms with Crippen molar-refractivity contribution < 1.29 is 4.84 Å². The van der Waals surface area contributed by atoms with Gasteiger partial charge in [-0.3, -0.25) is 10.00 Å². The van der Waals surface area contributed by atoms with Gasteiger partial charge in [-0.15, -0.1) is 0 Å². The largest absolute Gasteiger partial charge is 0.391 e. The zero-order valence-electron chi connectivity index (χ0n) is 12.4. The van der Waals surface area contributed by atoms with Crippen LogP contribution < -0.4 is 0 Å². The van der Waals surface area contributed by atoms with Gasteiger partial charge in [-0.1, -0.05) is 12.1 Å². The van der Waals surface area contributed by atoms with Crippen molar-refractivity contribution in [3.63, 3.8) is 0 Å². The summed E-state index contributed by atoms with van der Waals surface area (Å²) in [6.07, 6.45) is 6.63. The molecule has 1 fully saturated rings. The van der Waals surface area contributed by atoms with Gasteiger partial charge in [0.05, 0.1) is 11.9 Å². The molecule has 0 bridgehead atoms. The monoisotopic (exact) mass is 276 g/mol. The van der Waals surface area contributed by atoms with Gasteiger partial charge in [0, 0.05) is 24.6 Å². The Morgan fingerprint density at radius 2 is 2.20 bits per heavy atom. The van der Waals surface area contributed by atoms with E-state index < -0.39 is 0 Å². The number of nitrogens with one attached hydrogen (secondary N) is 1. The van der Waals surface area contributed by atoms with Gasteiger partial charge in [0.2, 0.25) is 0 Å². The fourth-order valence-corrected chi connectivity index (χ4v) is 3.26. The second kappa shape index (κ2) is 5.95. The molecule has 1 saturated heterocycles. The van der Waals surface area contributed by atoms with Crippen LogP contribution in [0, 0.1) is 6.92 Å². The average Bonchev–Trinajstić information content (AvgIpc) is 3.09. The van der Waals surface area contributed by atoms with Crippen molar-refractivity contribution in [3.8, 4) is 0 Å². The molecule has 1 N–H and O–H groups in total. The summed E-state index contributed by atoms with van der Waals surface area (Å²) in [5, 5.41) is 11.5. The summed E-state index contributed by atoms with van der Waals surface area (Å²) in [5.74, 6) is 0.640. The van der Waals surface area contributed by atoms with Crippen molar-refractivity contribution >= 4 is 5.71 Å². The van der Waals surface area contributed by atoms with Crippen LogP contribution in [0.3, 0.4) is 0 Å². The van der Waals surface area contributed by atoms with E-state index in [1.54, 1.807) is 0 Å². The normalized spacial score (nSPS) is 24.7. The van der Waals surface area contributed by atoms with Crippen LogP contribution in [0.15, 0.2) is 11.4 Å². The second-order valence-corrected chi connectivity index (χ2v) is 5.98. The Bertz CT molecular complexity index is 474. The first-order valence-electron chi connectivity index (χ1n) is 7.70. The second-order valence-electron chi connectivity index (χ2n) is 5.98. The summed E-state index contributed by atoms with van der Waals surface area (Å²) >= 11 is 0. The Kier molecular flexibility index (Phi) is 4.05. The number of rotatable bonds is 4. The van der Waals surface area contributed by atoms with E-state index in [4.69, 9.17) is 4.84 Å². The minimum Gasteiger partial charge on any atom is -0.391 e. The van der Waals surface area contributed by atoms with Gasteiger partial charge in [0.1, 0.15) is 6.10 Å². The van der Waals surface area contributed by atoms with E-state index in [1.807, 2.05) is 6.20 Å². The molecule has 0 spiro atoms. The van der Waals surface area contributed by atoms with Crippen molar-refractivity contribution in [1.82, 2.24) is 15.1 Å². The highest BCUT2D eigenvalue weighted by atomic mass is 16.6. The number of piperidine rings is 1. The highest BCUT2D eigenvalue weighted by Crippen LogP contribution is 2.29. The zero-order chi connectivity index (χ0) is 13.9. The van der Waals surface area contributed by atoms with Crippen LogP contribution in [0.2, 0.25) is 0 Å². The standard InChI is InChI=1S/C15H24N4O/c1-3-13-8-14(20-18-13)10-19-6-4-12(5-7-19)15-11(2)9-16-17-15/h9,12,14H,3-8,10H2,1-2H3,(H,16,17)/t14-/m0/s1. The summed E-state index contributed by atoms with van der Waals surface area (Å²) in [5.41, 5.74) is 3.83. The molecule has 0 amide bonds. The summed E-state index contributed by atoms with van der Waals surface area (Å²) in [6, 6.07) is 0. The van der Waals surface area contributed by atoms with E-state index in [2.05, 4.69) is 34.1 Å². The molecule has 0 aliphatic carbocycles. The molecule has 1 aromatic heterocycles. The highest BCUT2D eigenvalue weighted by Gasteiger charge is 2.27. The number of aromatic nitrogens is 2. The molecule has 1 aromatic rings. The van der Waals surface area contributed by atoms with E-state index in [-0.39, 0.29) is 6.10 Å². The maximum Gasteiger partial charge on any atom is 0.145 e. The van der Waals surface area contributed by atoms with Gasteiger partial charge in [-0.05, 0) is 44.8 Å². The lowest BCUT2D eigenvalue weighted by atomic mass is 9.91. The van der Waals surface area contributed by atoms with Gasteiger partial charge in [0.25, 0.3) is 0 Å². The first kappa shape index (κ1) is 13.6. The molecule has 5 heteroatoms. The molecule has 3 rings (SSSR count). The van der Waals surface area contributed by atoms with E-state index in [9.17, 15) is 0 Å².